The Morgan fingerprint density at radius 3 is 2.77 bits per heavy atom. The summed E-state index contributed by atoms with van der Waals surface area (Å²) < 4.78 is 16.1. The first-order valence-corrected chi connectivity index (χ1v) is 8.64. The van der Waals surface area contributed by atoms with Crippen LogP contribution in [-0.4, -0.2) is 47.7 Å². The molecule has 140 valence electrons. The number of rotatable bonds is 6. The van der Waals surface area contributed by atoms with E-state index in [9.17, 15) is 9.90 Å². The van der Waals surface area contributed by atoms with Crippen LogP contribution in [0.3, 0.4) is 0 Å². The van der Waals surface area contributed by atoms with E-state index in [1.54, 1.807) is 36.3 Å². The number of benzene rings is 1. The number of oxazole rings is 1. The summed E-state index contributed by atoms with van der Waals surface area (Å²) in [5.41, 5.74) is 0.0123. The monoisotopic (exact) mass is 360 g/mol. The molecule has 0 saturated carbocycles. The van der Waals surface area contributed by atoms with Gasteiger partial charge < -0.3 is 23.9 Å². The number of likely N-dealkylation sites (tertiary alicyclic amines) is 1. The Labute approximate surface area is 152 Å². The predicted octanol–water partition coefficient (Wildman–Crippen LogP) is 2.50. The Morgan fingerprint density at radius 2 is 2.08 bits per heavy atom. The van der Waals surface area contributed by atoms with Crippen molar-refractivity contribution in [2.75, 3.05) is 26.8 Å². The number of hydrogen-bond acceptors (Lipinski definition) is 6. The molecular formula is C19H24N2O5. The summed E-state index contributed by atoms with van der Waals surface area (Å²) in [6.07, 6.45) is 3.14. The lowest BCUT2D eigenvalue weighted by Gasteiger charge is -2.38. The highest BCUT2D eigenvalue weighted by Gasteiger charge is 2.33. The number of piperidine rings is 1. The van der Waals surface area contributed by atoms with Gasteiger partial charge in [-0.2, -0.15) is 0 Å². The smallest absolute Gasteiger partial charge is 0.275 e. The first-order chi connectivity index (χ1) is 12.5. The number of aromatic nitrogens is 1. The molecule has 2 aromatic rings. The van der Waals surface area contributed by atoms with E-state index in [0.717, 1.165) is 18.6 Å². The molecule has 7 nitrogen and oxygen atoms in total. The summed E-state index contributed by atoms with van der Waals surface area (Å²) >= 11 is 0. The van der Waals surface area contributed by atoms with Crippen LogP contribution in [0.25, 0.3) is 0 Å². The molecular weight excluding hydrogens is 336 g/mol. The molecule has 0 aliphatic carbocycles. The highest BCUT2D eigenvalue weighted by atomic mass is 16.5. The van der Waals surface area contributed by atoms with Crippen LogP contribution < -0.4 is 9.47 Å². The third-order valence-electron chi connectivity index (χ3n) is 4.64. The van der Waals surface area contributed by atoms with E-state index in [-0.39, 0.29) is 30.2 Å². The van der Waals surface area contributed by atoms with Crippen LogP contribution in [0.4, 0.5) is 0 Å². The van der Waals surface area contributed by atoms with Crippen molar-refractivity contribution in [1.29, 1.82) is 0 Å². The van der Waals surface area contributed by atoms with E-state index in [2.05, 4.69) is 4.98 Å². The molecule has 0 radical (unpaired) electrons. The highest BCUT2D eigenvalue weighted by molar-refractivity contribution is 5.92. The van der Waals surface area contributed by atoms with Gasteiger partial charge in [0.2, 0.25) is 5.89 Å². The fraction of sp³-hybridized carbons (Fsp3) is 0.474. The van der Waals surface area contributed by atoms with Crippen LogP contribution in [0, 0.1) is 5.41 Å². The van der Waals surface area contributed by atoms with Gasteiger partial charge in [0.15, 0.2) is 12.3 Å². The molecule has 1 aromatic heterocycles. The molecule has 26 heavy (non-hydrogen) atoms. The minimum absolute atomic E-state index is 0.0660. The van der Waals surface area contributed by atoms with Crippen molar-refractivity contribution in [2.45, 2.75) is 26.4 Å². The lowest BCUT2D eigenvalue weighted by atomic mass is 9.83. The minimum atomic E-state index is -0.252. The molecule has 1 aliphatic rings. The number of ether oxygens (including phenoxy) is 2. The maximum atomic E-state index is 12.6. The minimum Gasteiger partial charge on any atom is -0.497 e. The molecule has 7 heteroatoms. The van der Waals surface area contributed by atoms with Crippen molar-refractivity contribution >= 4 is 5.91 Å². The third-order valence-corrected chi connectivity index (χ3v) is 4.64. The van der Waals surface area contributed by atoms with E-state index in [1.807, 2.05) is 6.92 Å². The largest absolute Gasteiger partial charge is 0.497 e. The van der Waals surface area contributed by atoms with Crippen LogP contribution in [0.15, 0.2) is 34.9 Å². The van der Waals surface area contributed by atoms with Gasteiger partial charge in [0.1, 0.15) is 17.8 Å². The Kier molecular flexibility index (Phi) is 5.46. The van der Waals surface area contributed by atoms with Gasteiger partial charge in [-0.25, -0.2) is 4.98 Å². The first-order valence-electron chi connectivity index (χ1n) is 8.64. The van der Waals surface area contributed by atoms with Crippen molar-refractivity contribution in [3.8, 4) is 11.5 Å². The number of amides is 1. The fourth-order valence-corrected chi connectivity index (χ4v) is 3.07. The standard InChI is InChI=1S/C19H24N2O5/c1-19(13-22)8-3-9-21(12-19)18(23)16-10-26-17(20-16)11-25-15-6-4-14(24-2)5-7-15/h4-7,10,22H,3,8-9,11-13H2,1-2H3/t19-/m1/s1. The molecule has 0 bridgehead atoms. The van der Waals surface area contributed by atoms with Crippen LogP contribution >= 0.6 is 0 Å². The number of aliphatic hydroxyl groups excluding tert-OH is 1. The van der Waals surface area contributed by atoms with Crippen LogP contribution in [0.2, 0.25) is 0 Å². The zero-order valence-corrected chi connectivity index (χ0v) is 15.1. The number of hydrogen-bond donors (Lipinski definition) is 1. The first kappa shape index (κ1) is 18.3. The number of methoxy groups -OCH3 is 1. The normalized spacial score (nSPS) is 20.0. The molecule has 1 N–H and O–H groups in total. The van der Waals surface area contributed by atoms with E-state index in [1.165, 1.54) is 6.26 Å². The van der Waals surface area contributed by atoms with E-state index in [4.69, 9.17) is 13.9 Å². The Hall–Kier alpha value is -2.54. The van der Waals surface area contributed by atoms with Gasteiger partial charge in [0.25, 0.3) is 5.91 Å². The Balaban J connectivity index is 1.59. The summed E-state index contributed by atoms with van der Waals surface area (Å²) in [6.45, 7) is 3.37. The maximum absolute atomic E-state index is 12.6. The van der Waals surface area contributed by atoms with Gasteiger partial charge in [0.05, 0.1) is 13.7 Å². The van der Waals surface area contributed by atoms with E-state index < -0.39 is 0 Å². The van der Waals surface area contributed by atoms with Crippen molar-refractivity contribution < 1.29 is 23.8 Å². The predicted molar refractivity (Wildman–Crippen MR) is 94.2 cm³/mol. The van der Waals surface area contributed by atoms with Crippen molar-refractivity contribution in [1.82, 2.24) is 9.88 Å². The molecule has 1 amide bonds. The zero-order chi connectivity index (χ0) is 18.6. The molecule has 1 fully saturated rings. The molecule has 0 unspecified atom stereocenters. The van der Waals surface area contributed by atoms with Crippen molar-refractivity contribution in [2.24, 2.45) is 5.41 Å². The van der Waals surface area contributed by atoms with Gasteiger partial charge in [0, 0.05) is 18.5 Å². The second-order valence-corrected chi connectivity index (χ2v) is 6.89. The molecule has 2 heterocycles. The van der Waals surface area contributed by atoms with Gasteiger partial charge >= 0.3 is 0 Å². The van der Waals surface area contributed by atoms with Gasteiger partial charge in [-0.15, -0.1) is 0 Å². The number of aliphatic hydroxyl groups is 1. The van der Waals surface area contributed by atoms with Gasteiger partial charge in [-0.1, -0.05) is 6.92 Å². The summed E-state index contributed by atoms with van der Waals surface area (Å²) in [7, 11) is 1.60. The van der Waals surface area contributed by atoms with Gasteiger partial charge in [-0.05, 0) is 37.1 Å². The lowest BCUT2D eigenvalue weighted by Crippen LogP contribution is -2.46. The van der Waals surface area contributed by atoms with E-state index in [0.29, 0.717) is 24.7 Å². The number of nitrogens with zero attached hydrogens (tertiary/aromatic N) is 2. The number of carbonyl (C=O) groups is 1. The second-order valence-electron chi connectivity index (χ2n) is 6.89. The molecule has 3 rings (SSSR count). The van der Waals surface area contributed by atoms with Crippen molar-refractivity contribution in [3.63, 3.8) is 0 Å². The third kappa shape index (κ3) is 4.16. The summed E-state index contributed by atoms with van der Waals surface area (Å²) in [5.74, 6) is 1.57. The molecule has 1 saturated heterocycles. The summed E-state index contributed by atoms with van der Waals surface area (Å²) in [5, 5.41) is 9.54. The van der Waals surface area contributed by atoms with Gasteiger partial charge in [-0.3, -0.25) is 4.79 Å². The average molecular weight is 360 g/mol. The second kappa shape index (κ2) is 7.78. The summed E-state index contributed by atoms with van der Waals surface area (Å²) in [4.78, 5) is 18.6. The Bertz CT molecular complexity index is 743. The molecule has 1 atom stereocenters. The average Bonchev–Trinajstić information content (AvgIpc) is 3.15. The highest BCUT2D eigenvalue weighted by Crippen LogP contribution is 2.29. The molecule has 1 aromatic carbocycles. The van der Waals surface area contributed by atoms with Crippen LogP contribution in [-0.2, 0) is 6.61 Å². The van der Waals surface area contributed by atoms with Crippen LogP contribution in [0.5, 0.6) is 11.5 Å². The number of carbonyl (C=O) groups excluding carboxylic acids is 1. The topological polar surface area (TPSA) is 85.0 Å². The SMILES string of the molecule is COc1ccc(OCc2nc(C(=O)N3CCC[C@@](C)(CO)C3)co2)cc1. The molecule has 0 spiro atoms. The fourth-order valence-electron chi connectivity index (χ4n) is 3.07. The lowest BCUT2D eigenvalue weighted by molar-refractivity contribution is 0.0353. The maximum Gasteiger partial charge on any atom is 0.275 e. The molecule has 1 aliphatic heterocycles. The van der Waals surface area contributed by atoms with E-state index >= 15 is 0 Å². The zero-order valence-electron chi connectivity index (χ0n) is 15.1. The Morgan fingerprint density at radius 1 is 1.35 bits per heavy atom. The van der Waals surface area contributed by atoms with Crippen LogP contribution in [0.1, 0.15) is 36.1 Å². The quantitative estimate of drug-likeness (QED) is 0.852. The van der Waals surface area contributed by atoms with Crippen molar-refractivity contribution in [3.05, 3.63) is 42.1 Å². The summed E-state index contributed by atoms with van der Waals surface area (Å²) in [6, 6.07) is 7.18.